The number of benzene rings is 3. The van der Waals surface area contributed by atoms with Gasteiger partial charge in [0.25, 0.3) is 0 Å². The Morgan fingerprint density at radius 2 is 1.42 bits per heavy atom. The molecule has 0 unspecified atom stereocenters. The Morgan fingerprint density at radius 3 is 2.29 bits per heavy atom. The molecule has 0 saturated heterocycles. The van der Waals surface area contributed by atoms with Gasteiger partial charge < -0.3 is 9.47 Å². The lowest BCUT2D eigenvalue weighted by Gasteiger charge is -2.25. The van der Waals surface area contributed by atoms with Crippen molar-refractivity contribution in [2.24, 2.45) is 0 Å². The second-order valence-electron chi connectivity index (χ2n) is 6.81. The van der Waals surface area contributed by atoms with Crippen LogP contribution in [0.2, 0.25) is 0 Å². The van der Waals surface area contributed by atoms with Gasteiger partial charge in [-0.25, -0.2) is 0 Å². The van der Waals surface area contributed by atoms with E-state index >= 15 is 0 Å². The Bertz CT molecular complexity index is 1000. The molecule has 0 N–H and O–H groups in total. The van der Waals surface area contributed by atoms with E-state index in [1.54, 1.807) is 0 Å². The third-order valence-electron chi connectivity index (χ3n) is 4.99. The van der Waals surface area contributed by atoms with Crippen molar-refractivity contribution in [3.8, 4) is 34.1 Å². The van der Waals surface area contributed by atoms with E-state index in [1.807, 2.05) is 18.2 Å². The summed E-state index contributed by atoms with van der Waals surface area (Å²) in [5.74, 6) is 3.04. The van der Waals surface area contributed by atoms with Crippen LogP contribution in [0.25, 0.3) is 11.1 Å². The summed E-state index contributed by atoms with van der Waals surface area (Å²) in [5.41, 5.74) is 5.11. The molecule has 1 aliphatic carbocycles. The van der Waals surface area contributed by atoms with E-state index in [9.17, 15) is 0 Å². The van der Waals surface area contributed by atoms with E-state index < -0.39 is 0 Å². The summed E-state index contributed by atoms with van der Waals surface area (Å²) in [6, 6.07) is 18.7. The van der Waals surface area contributed by atoms with Gasteiger partial charge in [-0.1, -0.05) is 54.0 Å². The number of rotatable bonds is 0. The van der Waals surface area contributed by atoms with Crippen LogP contribution in [-0.4, -0.2) is 0 Å². The van der Waals surface area contributed by atoms with Gasteiger partial charge in [0, 0.05) is 9.89 Å². The number of halogens is 1. The third kappa shape index (κ3) is 1.82. The standard InChI is InChI=1S/C21H15BrO2/c1-21(2)15-6-4-3-5-13(15)14-10-19-20(11-16(14)21)24-18-9-12(22)7-8-17(18)23-19/h3-11H,1-2H3. The zero-order valence-electron chi connectivity index (χ0n) is 13.4. The largest absolute Gasteiger partial charge is 0.449 e. The van der Waals surface area contributed by atoms with E-state index in [0.29, 0.717) is 0 Å². The molecule has 5 rings (SSSR count). The minimum absolute atomic E-state index is 0.0398. The molecule has 0 atom stereocenters. The molecule has 118 valence electrons. The van der Waals surface area contributed by atoms with Crippen LogP contribution >= 0.6 is 15.9 Å². The molecule has 3 heteroatoms. The van der Waals surface area contributed by atoms with Gasteiger partial charge in [-0.2, -0.15) is 0 Å². The lowest BCUT2D eigenvalue weighted by molar-refractivity contribution is 0.358. The molecule has 0 bridgehead atoms. The zero-order valence-corrected chi connectivity index (χ0v) is 15.0. The Balaban J connectivity index is 1.71. The van der Waals surface area contributed by atoms with Gasteiger partial charge >= 0.3 is 0 Å². The topological polar surface area (TPSA) is 18.5 Å². The average Bonchev–Trinajstić information content (AvgIpc) is 2.79. The van der Waals surface area contributed by atoms with Crippen LogP contribution in [-0.2, 0) is 5.41 Å². The van der Waals surface area contributed by atoms with Gasteiger partial charge in [0.1, 0.15) is 0 Å². The highest BCUT2D eigenvalue weighted by molar-refractivity contribution is 9.10. The first-order valence-electron chi connectivity index (χ1n) is 7.98. The van der Waals surface area contributed by atoms with E-state index in [4.69, 9.17) is 9.47 Å². The Labute approximate surface area is 149 Å². The minimum atomic E-state index is -0.0398. The molecule has 3 aromatic carbocycles. The summed E-state index contributed by atoms with van der Waals surface area (Å²) in [4.78, 5) is 0. The fraction of sp³-hybridized carbons (Fsp3) is 0.143. The predicted molar refractivity (Wildman–Crippen MR) is 98.3 cm³/mol. The van der Waals surface area contributed by atoms with Gasteiger partial charge in [0.15, 0.2) is 23.0 Å². The SMILES string of the molecule is CC1(C)c2ccccc2-c2cc3c(cc21)Oc1cc(Br)ccc1O3. The number of hydrogen-bond acceptors (Lipinski definition) is 2. The molecule has 1 aliphatic heterocycles. The first kappa shape index (κ1) is 14.1. The molecule has 0 amide bonds. The number of fused-ring (bicyclic) bond motifs is 5. The molecule has 1 heterocycles. The van der Waals surface area contributed by atoms with Crippen LogP contribution in [0.1, 0.15) is 25.0 Å². The molecule has 0 fully saturated rings. The second-order valence-corrected chi connectivity index (χ2v) is 7.73. The van der Waals surface area contributed by atoms with Crippen molar-refractivity contribution in [2.75, 3.05) is 0 Å². The fourth-order valence-electron chi connectivity index (χ4n) is 3.75. The smallest absolute Gasteiger partial charge is 0.171 e. The average molecular weight is 379 g/mol. The monoisotopic (exact) mass is 378 g/mol. The quantitative estimate of drug-likeness (QED) is 0.340. The first-order valence-corrected chi connectivity index (χ1v) is 8.77. The van der Waals surface area contributed by atoms with Gasteiger partial charge in [0.05, 0.1) is 0 Å². The first-order chi connectivity index (χ1) is 11.5. The maximum Gasteiger partial charge on any atom is 0.171 e. The van der Waals surface area contributed by atoms with E-state index in [0.717, 1.165) is 27.5 Å². The van der Waals surface area contributed by atoms with Crippen LogP contribution < -0.4 is 9.47 Å². The lowest BCUT2D eigenvalue weighted by atomic mass is 9.82. The Hall–Kier alpha value is -2.26. The molecule has 3 aromatic rings. The van der Waals surface area contributed by atoms with Crippen LogP contribution in [0.4, 0.5) is 0 Å². The second kappa shape index (κ2) is 4.64. The van der Waals surface area contributed by atoms with Crippen molar-refractivity contribution in [1.82, 2.24) is 0 Å². The molecule has 0 spiro atoms. The van der Waals surface area contributed by atoms with Crippen molar-refractivity contribution < 1.29 is 9.47 Å². The van der Waals surface area contributed by atoms with Gasteiger partial charge in [-0.3, -0.25) is 0 Å². The van der Waals surface area contributed by atoms with Crippen molar-refractivity contribution in [2.45, 2.75) is 19.3 Å². The maximum absolute atomic E-state index is 6.12. The Kier molecular flexibility index (Phi) is 2.73. The molecular weight excluding hydrogens is 364 g/mol. The summed E-state index contributed by atoms with van der Waals surface area (Å²) in [5, 5.41) is 0. The van der Waals surface area contributed by atoms with Crippen molar-refractivity contribution in [1.29, 1.82) is 0 Å². The van der Waals surface area contributed by atoms with Crippen LogP contribution in [0, 0.1) is 0 Å². The fourth-order valence-corrected chi connectivity index (χ4v) is 4.09. The highest BCUT2D eigenvalue weighted by Crippen LogP contribution is 2.55. The van der Waals surface area contributed by atoms with Gasteiger partial charge in [-0.15, -0.1) is 0 Å². The van der Waals surface area contributed by atoms with Crippen molar-refractivity contribution >= 4 is 15.9 Å². The molecular formula is C21H15BrO2. The normalized spacial score (nSPS) is 15.5. The summed E-state index contributed by atoms with van der Waals surface area (Å²) in [7, 11) is 0. The molecule has 24 heavy (non-hydrogen) atoms. The summed E-state index contributed by atoms with van der Waals surface area (Å²) < 4.78 is 13.2. The number of ether oxygens (including phenoxy) is 2. The minimum Gasteiger partial charge on any atom is -0.449 e. The predicted octanol–water partition coefficient (Wildman–Crippen LogP) is 6.65. The third-order valence-corrected chi connectivity index (χ3v) is 5.49. The Morgan fingerprint density at radius 1 is 0.708 bits per heavy atom. The van der Waals surface area contributed by atoms with Crippen molar-refractivity contribution in [3.05, 3.63) is 70.2 Å². The van der Waals surface area contributed by atoms with Crippen LogP contribution in [0.15, 0.2) is 59.1 Å². The van der Waals surface area contributed by atoms with E-state index in [1.165, 1.54) is 22.3 Å². The van der Waals surface area contributed by atoms with Crippen molar-refractivity contribution in [3.63, 3.8) is 0 Å². The molecule has 2 aliphatic rings. The lowest BCUT2D eigenvalue weighted by Crippen LogP contribution is -2.15. The van der Waals surface area contributed by atoms with Gasteiger partial charge in [-0.05, 0) is 52.6 Å². The summed E-state index contributed by atoms with van der Waals surface area (Å²) >= 11 is 3.48. The van der Waals surface area contributed by atoms with E-state index in [-0.39, 0.29) is 5.41 Å². The molecule has 0 radical (unpaired) electrons. The van der Waals surface area contributed by atoms with Gasteiger partial charge in [0.2, 0.25) is 0 Å². The zero-order chi connectivity index (χ0) is 16.5. The maximum atomic E-state index is 6.12. The van der Waals surface area contributed by atoms with Crippen LogP contribution in [0.3, 0.4) is 0 Å². The highest BCUT2D eigenvalue weighted by Gasteiger charge is 2.37. The molecule has 2 nitrogen and oxygen atoms in total. The van der Waals surface area contributed by atoms with E-state index in [2.05, 4.69) is 66.2 Å². The highest BCUT2D eigenvalue weighted by atomic mass is 79.9. The number of hydrogen-bond donors (Lipinski definition) is 0. The van der Waals surface area contributed by atoms with Crippen LogP contribution in [0.5, 0.6) is 23.0 Å². The molecule has 0 aromatic heterocycles. The summed E-state index contributed by atoms with van der Waals surface area (Å²) in [6.45, 7) is 4.52. The molecule has 0 saturated carbocycles. The summed E-state index contributed by atoms with van der Waals surface area (Å²) in [6.07, 6.45) is 0.